The van der Waals surface area contributed by atoms with E-state index in [4.69, 9.17) is 14.7 Å². The second-order valence-corrected chi connectivity index (χ2v) is 15.7. The molecule has 6 heterocycles. The molecule has 1 aromatic rings. The van der Waals surface area contributed by atoms with Crippen LogP contribution in [-0.2, 0) is 16.0 Å². The average Bonchev–Trinajstić information content (AvgIpc) is 3.73. The average molecular weight is 693 g/mol. The number of aliphatic imine (C=N–C) groups is 2. The molecule has 6 aliphatic rings. The van der Waals surface area contributed by atoms with Gasteiger partial charge in [0, 0.05) is 0 Å². The fourth-order valence-corrected chi connectivity index (χ4v) is 13.2. The van der Waals surface area contributed by atoms with Crippen LogP contribution in [0.2, 0.25) is 0 Å². The van der Waals surface area contributed by atoms with Crippen molar-refractivity contribution in [3.8, 4) is 0 Å². The first-order valence-corrected chi connectivity index (χ1v) is 18.9. The van der Waals surface area contributed by atoms with Crippen molar-refractivity contribution in [2.75, 3.05) is 6.61 Å². The molecule has 1 saturated heterocycles. The number of carbonyl (C=O) groups excluding carboxylic acids is 1. The van der Waals surface area contributed by atoms with Gasteiger partial charge < -0.3 is 0 Å². The summed E-state index contributed by atoms with van der Waals surface area (Å²) in [5, 5.41) is 0. The molecule has 0 aromatic carbocycles. The summed E-state index contributed by atoms with van der Waals surface area (Å²) in [6.45, 7) is 20.3. The SMILES string of the molecule is CCOC(=O)C1=CC2=C3[N]4[Sn+2][n]5c(c(C)c(CC)c5C=C5N=C(C=C4C(C)C13CC)C(CC)=C5C)C=C1N=C2C(C)=C1CC. The summed E-state index contributed by atoms with van der Waals surface area (Å²) in [6, 6.07) is 0. The van der Waals surface area contributed by atoms with E-state index in [9.17, 15) is 4.79 Å². The van der Waals surface area contributed by atoms with Crippen LogP contribution >= 0.6 is 0 Å². The summed E-state index contributed by atoms with van der Waals surface area (Å²) >= 11 is -1.57. The van der Waals surface area contributed by atoms with Gasteiger partial charge in [-0.1, -0.05) is 0 Å². The first-order valence-electron chi connectivity index (χ1n) is 16.3. The third-order valence-corrected chi connectivity index (χ3v) is 14.8. The molecule has 2 unspecified atom stereocenters. The van der Waals surface area contributed by atoms with Crippen LogP contribution in [0, 0.1) is 18.3 Å². The van der Waals surface area contributed by atoms with Crippen LogP contribution in [0.1, 0.15) is 97.2 Å². The van der Waals surface area contributed by atoms with Crippen molar-refractivity contribution in [3.63, 3.8) is 0 Å². The Morgan fingerprint density at radius 3 is 2.30 bits per heavy atom. The Labute approximate surface area is 272 Å². The fraction of sp³-hybridized carbons (Fsp3) is 0.432. The van der Waals surface area contributed by atoms with Gasteiger partial charge in [-0.15, -0.1) is 0 Å². The predicted molar refractivity (Wildman–Crippen MR) is 180 cm³/mol. The molecule has 0 N–H and O–H groups in total. The van der Waals surface area contributed by atoms with Crippen LogP contribution in [0.15, 0.2) is 78.4 Å². The van der Waals surface area contributed by atoms with Crippen molar-refractivity contribution in [2.45, 2.75) is 88.0 Å². The van der Waals surface area contributed by atoms with Crippen LogP contribution in [0.4, 0.5) is 0 Å². The molecule has 0 saturated carbocycles. The number of hydrogen-bond donors (Lipinski definition) is 0. The quantitative estimate of drug-likeness (QED) is 0.226. The number of nitrogens with zero attached hydrogens (tertiary/aromatic N) is 4. The van der Waals surface area contributed by atoms with Crippen LogP contribution < -0.4 is 0 Å². The zero-order valence-corrected chi connectivity index (χ0v) is 30.4. The van der Waals surface area contributed by atoms with Crippen LogP contribution in [0.3, 0.4) is 0 Å². The summed E-state index contributed by atoms with van der Waals surface area (Å²) in [4.78, 5) is 24.6. The molecule has 2 atom stereocenters. The molecule has 0 amide bonds. The Morgan fingerprint density at radius 2 is 1.64 bits per heavy atom. The monoisotopic (exact) mass is 694 g/mol. The topological polar surface area (TPSA) is 59.2 Å². The number of esters is 1. The third-order valence-electron chi connectivity index (χ3n) is 10.9. The van der Waals surface area contributed by atoms with E-state index in [2.05, 4.69) is 85.6 Å². The normalized spacial score (nSPS) is 24.5. The number of aromatic nitrogens is 1. The molecule has 7 rings (SSSR count). The first kappa shape index (κ1) is 29.6. The van der Waals surface area contributed by atoms with Gasteiger partial charge in [0.2, 0.25) is 0 Å². The molecular formula is C37H42N4O2Sn+2. The molecule has 0 spiro atoms. The Balaban J connectivity index is 1.65. The van der Waals surface area contributed by atoms with Gasteiger partial charge in [0.25, 0.3) is 0 Å². The van der Waals surface area contributed by atoms with E-state index in [-0.39, 0.29) is 11.9 Å². The van der Waals surface area contributed by atoms with E-state index in [1.807, 2.05) is 6.92 Å². The van der Waals surface area contributed by atoms with Crippen molar-refractivity contribution in [1.82, 2.24) is 5.91 Å². The van der Waals surface area contributed by atoms with E-state index >= 15 is 0 Å². The molecule has 224 valence electrons. The fourth-order valence-electron chi connectivity index (χ4n) is 8.56. The van der Waals surface area contributed by atoms with E-state index in [1.165, 1.54) is 56.2 Å². The zero-order valence-electron chi connectivity index (χ0n) is 27.5. The minimum atomic E-state index is -1.57. The second kappa shape index (κ2) is 10.5. The van der Waals surface area contributed by atoms with Gasteiger partial charge in [0.15, 0.2) is 0 Å². The van der Waals surface area contributed by atoms with Gasteiger partial charge in [-0.05, 0) is 0 Å². The number of hydrogen-bond acceptors (Lipinski definition) is 5. The molecule has 44 heavy (non-hydrogen) atoms. The third kappa shape index (κ3) is 3.69. The first-order chi connectivity index (χ1) is 21.2. The zero-order chi connectivity index (χ0) is 31.2. The Hall–Kier alpha value is -3.13. The maximum absolute atomic E-state index is 13.9. The van der Waals surface area contributed by atoms with E-state index in [1.54, 1.807) is 0 Å². The standard InChI is InChI=1S/C37H43N4O2.Sn/c1-10-23-19(6)29-17-33-25(12-3)21(8)34(40-33)26-15-27(36(42)43-14-5)37(13-4)22(9)30(41-35(26)37)18-32-24(11-2)20(7)28(39-32)16-31(23)38-29;/h15-18,22H,10-14H2,1-9H3,(H-,38,39,40,41,42);/q-1;+4/p-1. The minimum absolute atomic E-state index is 0.0736. The summed E-state index contributed by atoms with van der Waals surface area (Å²) in [7, 11) is 0. The van der Waals surface area contributed by atoms with Crippen LogP contribution in [0.5, 0.6) is 0 Å². The molecule has 7 heteroatoms. The molecule has 0 radical (unpaired) electrons. The summed E-state index contributed by atoms with van der Waals surface area (Å²) in [5.74, 6) is -0.130. The Kier molecular flexibility index (Phi) is 7.03. The van der Waals surface area contributed by atoms with Crippen molar-refractivity contribution in [3.05, 3.63) is 90.9 Å². The molecule has 6 nitrogen and oxygen atoms in total. The molecular weight excluding hydrogens is 651 g/mol. The Morgan fingerprint density at radius 1 is 0.909 bits per heavy atom. The van der Waals surface area contributed by atoms with Gasteiger partial charge in [-0.3, -0.25) is 0 Å². The molecule has 5 aliphatic heterocycles. The Bertz CT molecular complexity index is 1850. The van der Waals surface area contributed by atoms with E-state index < -0.39 is 27.1 Å². The summed E-state index contributed by atoms with van der Waals surface area (Å²) in [6.07, 6.45) is 12.8. The second-order valence-electron chi connectivity index (χ2n) is 12.6. The summed E-state index contributed by atoms with van der Waals surface area (Å²) < 4.78 is 11.1. The molecule has 1 aromatic heterocycles. The van der Waals surface area contributed by atoms with E-state index in [0.717, 1.165) is 59.6 Å². The van der Waals surface area contributed by atoms with Gasteiger partial charge in [-0.2, -0.15) is 0 Å². The number of fused-ring (bicyclic) bond motifs is 3. The van der Waals surface area contributed by atoms with Crippen molar-refractivity contribution < 1.29 is 9.53 Å². The maximum atomic E-state index is 13.9. The van der Waals surface area contributed by atoms with Crippen LogP contribution in [0.25, 0.3) is 12.2 Å². The predicted octanol–water partition coefficient (Wildman–Crippen LogP) is 7.80. The number of ether oxygens (including phenoxy) is 1. The van der Waals surface area contributed by atoms with Gasteiger partial charge in [0.1, 0.15) is 0 Å². The molecule has 1 fully saturated rings. The van der Waals surface area contributed by atoms with Crippen molar-refractivity contribution in [2.24, 2.45) is 21.3 Å². The summed E-state index contributed by atoms with van der Waals surface area (Å²) in [5.41, 5.74) is 18.6. The number of carbonyl (C=O) groups is 1. The van der Waals surface area contributed by atoms with E-state index in [0.29, 0.717) is 6.61 Å². The molecule has 1 aliphatic carbocycles. The van der Waals surface area contributed by atoms with Crippen LogP contribution in [-0.4, -0.2) is 51.6 Å². The van der Waals surface area contributed by atoms with Crippen molar-refractivity contribution in [1.29, 1.82) is 0 Å². The van der Waals surface area contributed by atoms with Gasteiger partial charge >= 0.3 is 273 Å². The number of rotatable bonds is 6. The number of allylic oxidation sites excluding steroid dienone is 9. The van der Waals surface area contributed by atoms with Gasteiger partial charge in [0.05, 0.1) is 0 Å². The van der Waals surface area contributed by atoms with Crippen molar-refractivity contribution >= 4 is 51.2 Å². The molecule has 6 bridgehead atoms. The van der Waals surface area contributed by atoms with Gasteiger partial charge in [-0.25, -0.2) is 0 Å².